The first-order valence-electron chi connectivity index (χ1n) is 4.39. The topological polar surface area (TPSA) is 72.2 Å². The third-order valence-electron chi connectivity index (χ3n) is 2.22. The molecule has 0 spiro atoms. The molecule has 82 valence electrons. The number of Topliss-reactive ketones (excluding diaryl/α,β-unsaturated/α-hetero) is 1. The molecule has 0 unspecified atom stereocenters. The molecule has 2 rings (SSSR count). The van der Waals surface area contributed by atoms with E-state index in [0.717, 1.165) is 0 Å². The van der Waals surface area contributed by atoms with Crippen molar-refractivity contribution in [3.8, 4) is 0 Å². The Morgan fingerprint density at radius 1 is 1.50 bits per heavy atom. The van der Waals surface area contributed by atoms with Gasteiger partial charge in [-0.1, -0.05) is 0 Å². The molecule has 0 aliphatic heterocycles. The molecule has 1 N–H and O–H groups in total. The Morgan fingerprint density at radius 3 is 2.81 bits per heavy atom. The number of pyridine rings is 1. The molecule has 0 saturated heterocycles. The lowest BCUT2D eigenvalue weighted by Crippen LogP contribution is -2.12. The first-order chi connectivity index (χ1) is 7.50. The molecule has 0 radical (unpaired) electrons. The van der Waals surface area contributed by atoms with Crippen molar-refractivity contribution in [3.63, 3.8) is 0 Å². The summed E-state index contributed by atoms with van der Waals surface area (Å²) in [5.41, 5.74) is 0.728. The second-order valence-corrected chi connectivity index (χ2v) is 4.23. The lowest BCUT2D eigenvalue weighted by molar-refractivity contribution is -0.131. The maximum atomic E-state index is 11.4. The van der Waals surface area contributed by atoms with Gasteiger partial charge in [0.15, 0.2) is 0 Å². The van der Waals surface area contributed by atoms with E-state index < -0.39 is 11.8 Å². The molecule has 16 heavy (non-hydrogen) atoms. The summed E-state index contributed by atoms with van der Waals surface area (Å²) in [5, 5.41) is 9.21. The van der Waals surface area contributed by atoms with E-state index in [2.05, 4.69) is 20.9 Å². The fraction of sp³-hybridized carbons (Fsp3) is 0.100. The minimum absolute atomic E-state index is 0.152. The van der Waals surface area contributed by atoms with E-state index in [0.29, 0.717) is 15.5 Å². The van der Waals surface area contributed by atoms with Gasteiger partial charge < -0.3 is 9.67 Å². The number of carboxylic acids is 1. The van der Waals surface area contributed by atoms with Crippen molar-refractivity contribution in [2.24, 2.45) is 7.05 Å². The Labute approximate surface area is 98.8 Å². The van der Waals surface area contributed by atoms with Gasteiger partial charge in [-0.25, -0.2) is 9.78 Å². The fourth-order valence-corrected chi connectivity index (χ4v) is 1.86. The average Bonchev–Trinajstić information content (AvgIpc) is 2.54. The van der Waals surface area contributed by atoms with Crippen LogP contribution in [0.4, 0.5) is 0 Å². The minimum Gasteiger partial charge on any atom is -0.475 e. The molecule has 0 aromatic carbocycles. The molecule has 2 aromatic heterocycles. The molecule has 0 atom stereocenters. The molecule has 6 heteroatoms. The van der Waals surface area contributed by atoms with Gasteiger partial charge in [-0.05, 0) is 22.0 Å². The second-order valence-electron chi connectivity index (χ2n) is 3.31. The summed E-state index contributed by atoms with van der Waals surface area (Å²) in [6.07, 6.45) is 3.07. The summed E-state index contributed by atoms with van der Waals surface area (Å²) in [7, 11) is 1.71. The SMILES string of the molecule is Cn1cc(C(=O)C(=O)O)c2cc(Br)cnc21. The van der Waals surface area contributed by atoms with Crippen molar-refractivity contribution >= 4 is 38.7 Å². The Morgan fingerprint density at radius 2 is 2.19 bits per heavy atom. The smallest absolute Gasteiger partial charge is 0.377 e. The normalized spacial score (nSPS) is 10.6. The van der Waals surface area contributed by atoms with E-state index in [1.54, 1.807) is 23.9 Å². The molecule has 0 bridgehead atoms. The number of rotatable bonds is 2. The number of aryl methyl sites for hydroxylation is 1. The molecule has 2 heterocycles. The van der Waals surface area contributed by atoms with Gasteiger partial charge in [-0.3, -0.25) is 4.79 Å². The highest BCUT2D eigenvalue weighted by molar-refractivity contribution is 9.10. The number of carboxylic acid groups (broad SMARTS) is 1. The number of hydrogen-bond donors (Lipinski definition) is 1. The first-order valence-corrected chi connectivity index (χ1v) is 5.18. The Bertz CT molecular complexity index is 603. The predicted molar refractivity (Wildman–Crippen MR) is 60.4 cm³/mol. The van der Waals surface area contributed by atoms with Crippen molar-refractivity contribution in [2.45, 2.75) is 0 Å². The number of carbonyl (C=O) groups excluding carboxylic acids is 1. The first kappa shape index (κ1) is 10.8. The number of nitrogens with zero attached hydrogens (tertiary/aromatic N) is 2. The van der Waals surface area contributed by atoms with Crippen LogP contribution in [0, 0.1) is 0 Å². The number of aromatic nitrogens is 2. The van der Waals surface area contributed by atoms with Crippen molar-refractivity contribution in [2.75, 3.05) is 0 Å². The van der Waals surface area contributed by atoms with Crippen LogP contribution in [0.3, 0.4) is 0 Å². The van der Waals surface area contributed by atoms with E-state index in [1.165, 1.54) is 6.20 Å². The van der Waals surface area contributed by atoms with Gasteiger partial charge in [0.2, 0.25) is 0 Å². The number of carbonyl (C=O) groups is 2. The zero-order valence-electron chi connectivity index (χ0n) is 8.27. The standard InChI is InChI=1S/C10H7BrN2O3/c1-13-4-7(8(14)10(15)16)6-2-5(11)3-12-9(6)13/h2-4H,1H3,(H,15,16). The van der Waals surface area contributed by atoms with Crippen LogP contribution >= 0.6 is 15.9 Å². The summed E-state index contributed by atoms with van der Waals surface area (Å²) >= 11 is 3.23. The summed E-state index contributed by atoms with van der Waals surface area (Å²) in [4.78, 5) is 26.2. The highest BCUT2D eigenvalue weighted by Gasteiger charge is 2.20. The van der Waals surface area contributed by atoms with Crippen molar-refractivity contribution in [3.05, 3.63) is 28.5 Å². The summed E-state index contributed by atoms with van der Waals surface area (Å²) in [5.74, 6) is -2.39. The van der Waals surface area contributed by atoms with Crippen LogP contribution in [0.15, 0.2) is 22.9 Å². The third kappa shape index (κ3) is 1.61. The number of aliphatic carboxylic acids is 1. The highest BCUT2D eigenvalue weighted by atomic mass is 79.9. The van der Waals surface area contributed by atoms with E-state index in [-0.39, 0.29) is 5.56 Å². The van der Waals surface area contributed by atoms with Crippen LogP contribution in [-0.4, -0.2) is 26.4 Å². The van der Waals surface area contributed by atoms with Crippen molar-refractivity contribution in [1.29, 1.82) is 0 Å². The van der Waals surface area contributed by atoms with E-state index in [1.807, 2.05) is 0 Å². The summed E-state index contributed by atoms with van der Waals surface area (Å²) in [6.45, 7) is 0. The largest absolute Gasteiger partial charge is 0.475 e. The van der Waals surface area contributed by atoms with Crippen LogP contribution in [0.25, 0.3) is 11.0 Å². The van der Waals surface area contributed by atoms with Crippen LogP contribution < -0.4 is 0 Å². The molecule has 0 aliphatic carbocycles. The zero-order chi connectivity index (χ0) is 11.9. The Hall–Kier alpha value is -1.69. The number of halogens is 1. The molecular weight excluding hydrogens is 276 g/mol. The van der Waals surface area contributed by atoms with Crippen LogP contribution in [0.2, 0.25) is 0 Å². The van der Waals surface area contributed by atoms with E-state index in [4.69, 9.17) is 5.11 Å². The lowest BCUT2D eigenvalue weighted by Gasteiger charge is -1.95. The van der Waals surface area contributed by atoms with Gasteiger partial charge >= 0.3 is 5.97 Å². The highest BCUT2D eigenvalue weighted by Crippen LogP contribution is 2.22. The van der Waals surface area contributed by atoms with Gasteiger partial charge in [0, 0.05) is 29.3 Å². The summed E-state index contributed by atoms with van der Waals surface area (Å²) < 4.78 is 2.32. The fourth-order valence-electron chi connectivity index (χ4n) is 1.53. The predicted octanol–water partition coefficient (Wildman–Crippen LogP) is 1.60. The molecule has 0 saturated carbocycles. The Kier molecular flexibility index (Phi) is 2.51. The molecule has 0 fully saturated rings. The van der Waals surface area contributed by atoms with Gasteiger partial charge in [0.1, 0.15) is 5.65 Å². The Balaban J connectivity index is 2.75. The van der Waals surface area contributed by atoms with Crippen molar-refractivity contribution in [1.82, 2.24) is 9.55 Å². The summed E-state index contributed by atoms with van der Waals surface area (Å²) in [6, 6.07) is 1.68. The van der Waals surface area contributed by atoms with Crippen molar-refractivity contribution < 1.29 is 14.7 Å². The number of hydrogen-bond acceptors (Lipinski definition) is 3. The molecule has 5 nitrogen and oxygen atoms in total. The molecular formula is C10H7BrN2O3. The maximum Gasteiger partial charge on any atom is 0.377 e. The third-order valence-corrected chi connectivity index (χ3v) is 2.65. The van der Waals surface area contributed by atoms with Gasteiger partial charge in [-0.15, -0.1) is 0 Å². The van der Waals surface area contributed by atoms with Gasteiger partial charge in [-0.2, -0.15) is 0 Å². The van der Waals surface area contributed by atoms with E-state index >= 15 is 0 Å². The molecule has 0 aliphatic rings. The average molecular weight is 283 g/mol. The maximum absolute atomic E-state index is 11.4. The van der Waals surface area contributed by atoms with Gasteiger partial charge in [0.25, 0.3) is 5.78 Å². The zero-order valence-corrected chi connectivity index (χ0v) is 9.85. The van der Waals surface area contributed by atoms with Crippen LogP contribution in [0.5, 0.6) is 0 Å². The second kappa shape index (κ2) is 3.71. The van der Waals surface area contributed by atoms with E-state index in [9.17, 15) is 9.59 Å². The quantitative estimate of drug-likeness (QED) is 0.671. The van der Waals surface area contributed by atoms with Crippen LogP contribution in [-0.2, 0) is 11.8 Å². The van der Waals surface area contributed by atoms with Gasteiger partial charge in [0.05, 0.1) is 5.56 Å². The molecule has 0 amide bonds. The number of ketones is 1. The van der Waals surface area contributed by atoms with Crippen LogP contribution in [0.1, 0.15) is 10.4 Å². The minimum atomic E-state index is -1.47. The monoisotopic (exact) mass is 282 g/mol. The molecule has 2 aromatic rings. The number of fused-ring (bicyclic) bond motifs is 1. The lowest BCUT2D eigenvalue weighted by atomic mass is 10.1.